The lowest BCUT2D eigenvalue weighted by atomic mass is 10.1. The van der Waals surface area contributed by atoms with Crippen LogP contribution in [0.1, 0.15) is 11.1 Å². The number of hydrogen-bond donors (Lipinski definition) is 1. The van der Waals surface area contributed by atoms with Gasteiger partial charge in [-0.3, -0.25) is 4.90 Å². The molecule has 1 aliphatic rings. The summed E-state index contributed by atoms with van der Waals surface area (Å²) >= 11 is 0. The molecule has 94 valence electrons. The van der Waals surface area contributed by atoms with Gasteiger partial charge in [0, 0.05) is 31.8 Å². The van der Waals surface area contributed by atoms with Crippen LogP contribution in [0.4, 0.5) is 0 Å². The van der Waals surface area contributed by atoms with E-state index < -0.39 is 0 Å². The molecule has 0 aromatic heterocycles. The van der Waals surface area contributed by atoms with Gasteiger partial charge in [0.15, 0.2) is 0 Å². The monoisotopic (exact) mass is 243 g/mol. The van der Waals surface area contributed by atoms with Gasteiger partial charge in [-0.15, -0.1) is 0 Å². The molecule has 0 atom stereocenters. The highest BCUT2D eigenvalue weighted by molar-refractivity contribution is 5.85. The maximum absolute atomic E-state index is 8.72. The van der Waals surface area contributed by atoms with Crippen LogP contribution in [0.2, 0.25) is 0 Å². The van der Waals surface area contributed by atoms with E-state index in [1.54, 1.807) is 12.1 Å². The van der Waals surface area contributed by atoms with Gasteiger partial charge in [0.1, 0.15) is 0 Å². The van der Waals surface area contributed by atoms with E-state index in [0.717, 1.165) is 31.9 Å². The first kappa shape index (κ1) is 12.7. The Balaban J connectivity index is 1.84. The zero-order chi connectivity index (χ0) is 12.8. The van der Waals surface area contributed by atoms with Crippen LogP contribution in [0.5, 0.6) is 0 Å². The summed E-state index contributed by atoms with van der Waals surface area (Å²) < 4.78 is 5.28. The number of rotatable bonds is 4. The van der Waals surface area contributed by atoms with E-state index >= 15 is 0 Å². The third kappa shape index (κ3) is 3.66. The van der Waals surface area contributed by atoms with Crippen LogP contribution in [0, 0.1) is 16.7 Å². The molecule has 18 heavy (non-hydrogen) atoms. The zero-order valence-corrected chi connectivity index (χ0v) is 10.4. The lowest BCUT2D eigenvalue weighted by Crippen LogP contribution is -2.39. The number of nitrogens with one attached hydrogen (secondary N) is 1. The van der Waals surface area contributed by atoms with Crippen molar-refractivity contribution in [3.05, 3.63) is 35.4 Å². The number of benzene rings is 1. The van der Waals surface area contributed by atoms with Gasteiger partial charge in [-0.2, -0.15) is 5.26 Å². The van der Waals surface area contributed by atoms with Gasteiger partial charge in [0.25, 0.3) is 0 Å². The van der Waals surface area contributed by atoms with Crippen molar-refractivity contribution in [1.29, 1.82) is 10.7 Å². The molecule has 0 unspecified atom stereocenters. The second kappa shape index (κ2) is 6.29. The number of morpholine rings is 1. The average molecular weight is 243 g/mol. The second-order valence-electron chi connectivity index (χ2n) is 4.48. The van der Waals surface area contributed by atoms with Gasteiger partial charge >= 0.3 is 0 Å². The first-order chi connectivity index (χ1) is 8.78. The summed E-state index contributed by atoms with van der Waals surface area (Å²) in [4.78, 5) is 2.25. The van der Waals surface area contributed by atoms with Gasteiger partial charge in [0.05, 0.1) is 24.8 Å². The molecule has 4 heteroatoms. The highest BCUT2D eigenvalue weighted by atomic mass is 16.5. The van der Waals surface area contributed by atoms with Crippen LogP contribution in [-0.4, -0.2) is 43.5 Å². The van der Waals surface area contributed by atoms with Crippen molar-refractivity contribution in [2.45, 2.75) is 6.42 Å². The van der Waals surface area contributed by atoms with Crippen molar-refractivity contribution >= 4 is 5.71 Å². The average Bonchev–Trinajstić information content (AvgIpc) is 2.40. The predicted molar refractivity (Wildman–Crippen MR) is 69.8 cm³/mol. The molecule has 0 aliphatic carbocycles. The van der Waals surface area contributed by atoms with E-state index in [-0.39, 0.29) is 0 Å². The third-order valence-electron chi connectivity index (χ3n) is 3.02. The maximum atomic E-state index is 8.72. The van der Waals surface area contributed by atoms with Crippen LogP contribution >= 0.6 is 0 Å². The molecule has 1 aliphatic heterocycles. The number of nitriles is 1. The lowest BCUT2D eigenvalue weighted by Gasteiger charge is -2.26. The maximum Gasteiger partial charge on any atom is 0.0991 e. The SMILES string of the molecule is N#Cc1ccc(CC(=N)CN2CCOCC2)cc1. The first-order valence-corrected chi connectivity index (χ1v) is 6.13. The van der Waals surface area contributed by atoms with Crippen LogP contribution in [-0.2, 0) is 11.2 Å². The van der Waals surface area contributed by atoms with E-state index in [1.807, 2.05) is 12.1 Å². The van der Waals surface area contributed by atoms with E-state index in [2.05, 4.69) is 11.0 Å². The van der Waals surface area contributed by atoms with E-state index in [0.29, 0.717) is 24.2 Å². The minimum absolute atomic E-state index is 0.656. The van der Waals surface area contributed by atoms with E-state index in [4.69, 9.17) is 15.4 Å². The van der Waals surface area contributed by atoms with Crippen molar-refractivity contribution in [1.82, 2.24) is 4.90 Å². The molecule has 1 heterocycles. The van der Waals surface area contributed by atoms with Crippen LogP contribution in [0.15, 0.2) is 24.3 Å². The third-order valence-corrected chi connectivity index (χ3v) is 3.02. The molecule has 0 spiro atoms. The van der Waals surface area contributed by atoms with E-state index in [9.17, 15) is 0 Å². The molecule has 2 rings (SSSR count). The minimum Gasteiger partial charge on any atom is -0.379 e. The number of nitrogens with zero attached hydrogens (tertiary/aromatic N) is 2. The van der Waals surface area contributed by atoms with Crippen molar-refractivity contribution in [2.75, 3.05) is 32.8 Å². The second-order valence-corrected chi connectivity index (χ2v) is 4.48. The molecule has 0 amide bonds. The fourth-order valence-electron chi connectivity index (χ4n) is 2.03. The molecule has 1 saturated heterocycles. The summed E-state index contributed by atoms with van der Waals surface area (Å²) in [5.74, 6) is 0. The molecular formula is C14H17N3O. The van der Waals surface area contributed by atoms with Crippen LogP contribution in [0.25, 0.3) is 0 Å². The fourth-order valence-corrected chi connectivity index (χ4v) is 2.03. The standard InChI is InChI=1S/C14H17N3O/c15-10-13-3-1-12(2-4-13)9-14(16)11-17-5-7-18-8-6-17/h1-4,16H,5-9,11H2. The molecular weight excluding hydrogens is 226 g/mol. The summed E-state index contributed by atoms with van der Waals surface area (Å²) in [7, 11) is 0. The molecule has 0 saturated carbocycles. The van der Waals surface area contributed by atoms with Gasteiger partial charge in [-0.05, 0) is 17.7 Å². The van der Waals surface area contributed by atoms with Gasteiger partial charge in [-0.1, -0.05) is 12.1 Å². The van der Waals surface area contributed by atoms with Crippen molar-refractivity contribution in [2.24, 2.45) is 0 Å². The largest absolute Gasteiger partial charge is 0.379 e. The molecule has 1 aromatic rings. The Morgan fingerprint density at radius 2 is 1.94 bits per heavy atom. The quantitative estimate of drug-likeness (QED) is 0.814. The summed E-state index contributed by atoms with van der Waals surface area (Å²) in [6.45, 7) is 4.07. The van der Waals surface area contributed by atoms with Crippen LogP contribution in [0.3, 0.4) is 0 Å². The summed E-state index contributed by atoms with van der Waals surface area (Å²) in [5.41, 5.74) is 2.47. The Morgan fingerprint density at radius 3 is 2.56 bits per heavy atom. The number of hydrogen-bond acceptors (Lipinski definition) is 4. The molecule has 0 bridgehead atoms. The van der Waals surface area contributed by atoms with Crippen LogP contribution < -0.4 is 0 Å². The Hall–Kier alpha value is -1.70. The summed E-state index contributed by atoms with van der Waals surface area (Å²) in [6, 6.07) is 9.55. The molecule has 4 nitrogen and oxygen atoms in total. The lowest BCUT2D eigenvalue weighted by molar-refractivity contribution is 0.0451. The van der Waals surface area contributed by atoms with Crippen molar-refractivity contribution in [3.8, 4) is 6.07 Å². The Bertz CT molecular complexity index is 441. The topological polar surface area (TPSA) is 60.1 Å². The first-order valence-electron chi connectivity index (χ1n) is 6.13. The summed E-state index contributed by atoms with van der Waals surface area (Å²) in [6.07, 6.45) is 0.656. The predicted octanol–water partition coefficient (Wildman–Crippen LogP) is 1.45. The Morgan fingerprint density at radius 1 is 1.28 bits per heavy atom. The zero-order valence-electron chi connectivity index (χ0n) is 10.4. The highest BCUT2D eigenvalue weighted by Crippen LogP contribution is 2.06. The molecule has 1 fully saturated rings. The Labute approximate surface area is 107 Å². The highest BCUT2D eigenvalue weighted by Gasteiger charge is 2.12. The minimum atomic E-state index is 0.656. The van der Waals surface area contributed by atoms with Gasteiger partial charge in [0.2, 0.25) is 0 Å². The fraction of sp³-hybridized carbons (Fsp3) is 0.429. The van der Waals surface area contributed by atoms with Gasteiger partial charge < -0.3 is 10.1 Å². The summed E-state index contributed by atoms with van der Waals surface area (Å²) in [5, 5.41) is 16.7. The van der Waals surface area contributed by atoms with E-state index in [1.165, 1.54) is 0 Å². The smallest absolute Gasteiger partial charge is 0.0991 e. The molecule has 0 radical (unpaired) electrons. The van der Waals surface area contributed by atoms with Crippen molar-refractivity contribution < 1.29 is 4.74 Å². The van der Waals surface area contributed by atoms with Gasteiger partial charge in [-0.25, -0.2) is 0 Å². The normalized spacial score (nSPS) is 16.2. The molecule has 1 aromatic carbocycles. The molecule has 1 N–H and O–H groups in total. The number of ether oxygens (including phenoxy) is 1. The van der Waals surface area contributed by atoms with Crippen molar-refractivity contribution in [3.63, 3.8) is 0 Å². The Kier molecular flexibility index (Phi) is 4.46.